The van der Waals surface area contributed by atoms with Crippen molar-refractivity contribution >= 4 is 38.2 Å². The zero-order valence-electron chi connectivity index (χ0n) is 11.4. The molecule has 104 valence electrons. The molecule has 0 bridgehead atoms. The van der Waals surface area contributed by atoms with Gasteiger partial charge in [-0.25, -0.2) is 4.79 Å². The molecular formula is C16H15BrO3. The summed E-state index contributed by atoms with van der Waals surface area (Å²) in [6.45, 7) is 0. The number of halogens is 1. The third kappa shape index (κ3) is 2.85. The van der Waals surface area contributed by atoms with Crippen LogP contribution in [0.15, 0.2) is 42.7 Å². The second-order valence-electron chi connectivity index (χ2n) is 4.25. The van der Waals surface area contributed by atoms with Gasteiger partial charge in [-0.15, -0.1) is 0 Å². The van der Waals surface area contributed by atoms with E-state index in [4.69, 9.17) is 9.47 Å². The number of alkyl halides is 1. The van der Waals surface area contributed by atoms with Crippen LogP contribution in [0.3, 0.4) is 0 Å². The average Bonchev–Trinajstić information content (AvgIpc) is 2.51. The van der Waals surface area contributed by atoms with E-state index < -0.39 is 5.97 Å². The third-order valence-corrected chi connectivity index (χ3v) is 3.68. The van der Waals surface area contributed by atoms with Crippen LogP contribution in [0.2, 0.25) is 0 Å². The SMILES string of the molecule is CO/C=C(/C(=O)OC)c1cccc2ccc(CBr)cc12. The molecule has 0 unspecified atom stereocenters. The van der Waals surface area contributed by atoms with Crippen molar-refractivity contribution in [2.75, 3.05) is 14.2 Å². The molecule has 4 heteroatoms. The fourth-order valence-electron chi connectivity index (χ4n) is 2.09. The van der Waals surface area contributed by atoms with Crippen LogP contribution in [0, 0.1) is 0 Å². The minimum absolute atomic E-state index is 0.410. The predicted molar refractivity (Wildman–Crippen MR) is 83.6 cm³/mol. The lowest BCUT2D eigenvalue weighted by atomic mass is 9.97. The van der Waals surface area contributed by atoms with E-state index in [1.807, 2.05) is 24.3 Å². The lowest BCUT2D eigenvalue weighted by Crippen LogP contribution is -2.05. The summed E-state index contributed by atoms with van der Waals surface area (Å²) in [7, 11) is 2.87. The van der Waals surface area contributed by atoms with E-state index in [0.717, 1.165) is 27.2 Å². The number of esters is 1. The van der Waals surface area contributed by atoms with Gasteiger partial charge in [0.05, 0.1) is 20.5 Å². The lowest BCUT2D eigenvalue weighted by Gasteiger charge is -2.10. The number of rotatable bonds is 4. The predicted octanol–water partition coefficient (Wildman–Crippen LogP) is 3.90. The van der Waals surface area contributed by atoms with Gasteiger partial charge in [0.2, 0.25) is 0 Å². The normalized spacial score (nSPS) is 11.4. The van der Waals surface area contributed by atoms with Crippen LogP contribution in [-0.2, 0) is 19.6 Å². The fraction of sp³-hybridized carbons (Fsp3) is 0.188. The Hall–Kier alpha value is -1.81. The maximum atomic E-state index is 11.9. The van der Waals surface area contributed by atoms with Gasteiger partial charge in [-0.05, 0) is 28.0 Å². The summed E-state index contributed by atoms with van der Waals surface area (Å²) in [5.41, 5.74) is 2.36. The van der Waals surface area contributed by atoms with Crippen LogP contribution in [0.25, 0.3) is 16.3 Å². The summed E-state index contributed by atoms with van der Waals surface area (Å²) >= 11 is 3.45. The minimum atomic E-state index is -0.413. The van der Waals surface area contributed by atoms with E-state index >= 15 is 0 Å². The van der Waals surface area contributed by atoms with E-state index in [9.17, 15) is 4.79 Å². The Morgan fingerprint density at radius 3 is 2.70 bits per heavy atom. The van der Waals surface area contributed by atoms with Gasteiger partial charge in [-0.2, -0.15) is 0 Å². The highest BCUT2D eigenvalue weighted by Gasteiger charge is 2.15. The van der Waals surface area contributed by atoms with Crippen molar-refractivity contribution in [1.29, 1.82) is 0 Å². The molecule has 0 saturated carbocycles. The lowest BCUT2D eigenvalue weighted by molar-refractivity contribution is -0.133. The third-order valence-electron chi connectivity index (χ3n) is 3.03. The van der Waals surface area contributed by atoms with E-state index in [-0.39, 0.29) is 0 Å². The number of fused-ring (bicyclic) bond motifs is 1. The number of ether oxygens (including phenoxy) is 2. The summed E-state index contributed by atoms with van der Waals surface area (Å²) in [5, 5.41) is 2.83. The van der Waals surface area contributed by atoms with Crippen LogP contribution >= 0.6 is 15.9 Å². The van der Waals surface area contributed by atoms with Gasteiger partial charge in [-0.1, -0.05) is 46.3 Å². The van der Waals surface area contributed by atoms with Crippen LogP contribution in [0.5, 0.6) is 0 Å². The number of carbonyl (C=O) groups excluding carboxylic acids is 1. The number of benzene rings is 2. The number of methoxy groups -OCH3 is 2. The quantitative estimate of drug-likeness (QED) is 0.368. The molecule has 2 aromatic rings. The second kappa shape index (κ2) is 6.57. The molecule has 2 rings (SSSR count). The first-order chi connectivity index (χ1) is 9.71. The number of carbonyl (C=O) groups is 1. The van der Waals surface area contributed by atoms with Gasteiger partial charge in [0.1, 0.15) is 5.57 Å². The molecule has 0 aliphatic carbocycles. The zero-order valence-corrected chi connectivity index (χ0v) is 12.9. The monoisotopic (exact) mass is 334 g/mol. The van der Waals surface area contributed by atoms with Gasteiger partial charge in [0.15, 0.2) is 0 Å². The first-order valence-corrected chi connectivity index (χ1v) is 7.22. The Bertz CT molecular complexity index is 662. The van der Waals surface area contributed by atoms with Crippen molar-refractivity contribution in [3.8, 4) is 0 Å². The summed E-state index contributed by atoms with van der Waals surface area (Å²) < 4.78 is 9.84. The Labute approximate surface area is 126 Å². The highest BCUT2D eigenvalue weighted by Crippen LogP contribution is 2.27. The Morgan fingerprint density at radius 1 is 1.25 bits per heavy atom. The van der Waals surface area contributed by atoms with Crippen molar-refractivity contribution in [3.05, 3.63) is 53.8 Å². The van der Waals surface area contributed by atoms with Crippen LogP contribution < -0.4 is 0 Å². The van der Waals surface area contributed by atoms with Gasteiger partial charge in [-0.3, -0.25) is 0 Å². The Morgan fingerprint density at radius 2 is 2.05 bits per heavy atom. The molecule has 3 nitrogen and oxygen atoms in total. The highest BCUT2D eigenvalue weighted by atomic mass is 79.9. The van der Waals surface area contributed by atoms with Gasteiger partial charge in [0.25, 0.3) is 0 Å². The van der Waals surface area contributed by atoms with Crippen LogP contribution in [-0.4, -0.2) is 20.2 Å². The van der Waals surface area contributed by atoms with E-state index in [2.05, 4.69) is 28.1 Å². The Kier molecular flexibility index (Phi) is 4.79. The molecule has 0 fully saturated rings. The largest absolute Gasteiger partial charge is 0.503 e. The molecule has 2 aromatic carbocycles. The van der Waals surface area contributed by atoms with Crippen molar-refractivity contribution in [3.63, 3.8) is 0 Å². The standard InChI is InChI=1S/C16H15BrO3/c1-19-10-15(16(18)20-2)13-5-3-4-12-7-6-11(9-17)8-14(12)13/h3-8,10H,9H2,1-2H3/b15-10+. The fourth-order valence-corrected chi connectivity index (χ4v) is 2.44. The van der Waals surface area contributed by atoms with Crippen molar-refractivity contribution < 1.29 is 14.3 Å². The molecule has 0 spiro atoms. The highest BCUT2D eigenvalue weighted by molar-refractivity contribution is 9.08. The van der Waals surface area contributed by atoms with E-state index in [1.165, 1.54) is 20.5 Å². The number of hydrogen-bond acceptors (Lipinski definition) is 3. The van der Waals surface area contributed by atoms with Crippen molar-refractivity contribution in [1.82, 2.24) is 0 Å². The molecule has 0 aromatic heterocycles. The second-order valence-corrected chi connectivity index (χ2v) is 4.81. The van der Waals surface area contributed by atoms with Gasteiger partial charge >= 0.3 is 5.97 Å². The molecule has 0 radical (unpaired) electrons. The molecule has 0 amide bonds. The molecular weight excluding hydrogens is 320 g/mol. The first-order valence-electron chi connectivity index (χ1n) is 6.10. The van der Waals surface area contributed by atoms with E-state index in [0.29, 0.717) is 5.57 Å². The molecule has 0 aliphatic rings. The molecule has 0 saturated heterocycles. The average molecular weight is 335 g/mol. The summed E-state index contributed by atoms with van der Waals surface area (Å²) in [6.07, 6.45) is 1.42. The van der Waals surface area contributed by atoms with Crippen molar-refractivity contribution in [2.24, 2.45) is 0 Å². The smallest absolute Gasteiger partial charge is 0.341 e. The Balaban J connectivity index is 2.68. The first kappa shape index (κ1) is 14.6. The molecule has 0 N–H and O–H groups in total. The topological polar surface area (TPSA) is 35.5 Å². The minimum Gasteiger partial charge on any atom is -0.503 e. The molecule has 0 atom stereocenters. The molecule has 20 heavy (non-hydrogen) atoms. The van der Waals surface area contributed by atoms with Crippen LogP contribution in [0.1, 0.15) is 11.1 Å². The van der Waals surface area contributed by atoms with Gasteiger partial charge in [0, 0.05) is 5.33 Å². The zero-order chi connectivity index (χ0) is 14.5. The summed E-state index contributed by atoms with van der Waals surface area (Å²) in [4.78, 5) is 11.9. The van der Waals surface area contributed by atoms with Crippen molar-refractivity contribution in [2.45, 2.75) is 5.33 Å². The van der Waals surface area contributed by atoms with E-state index in [1.54, 1.807) is 0 Å². The van der Waals surface area contributed by atoms with Gasteiger partial charge < -0.3 is 9.47 Å². The number of hydrogen-bond donors (Lipinski definition) is 0. The maximum absolute atomic E-state index is 11.9. The summed E-state index contributed by atoms with van der Waals surface area (Å²) in [6, 6.07) is 12.0. The maximum Gasteiger partial charge on any atom is 0.341 e. The molecule has 0 heterocycles. The molecule has 0 aliphatic heterocycles. The van der Waals surface area contributed by atoms with Crippen LogP contribution in [0.4, 0.5) is 0 Å². The summed E-state index contributed by atoms with van der Waals surface area (Å²) in [5.74, 6) is -0.413.